The Morgan fingerprint density at radius 2 is 1.89 bits per heavy atom. The van der Waals surface area contributed by atoms with Gasteiger partial charge in [0.05, 0.1) is 11.7 Å². The van der Waals surface area contributed by atoms with E-state index in [2.05, 4.69) is 13.8 Å². The van der Waals surface area contributed by atoms with E-state index >= 15 is 0 Å². The summed E-state index contributed by atoms with van der Waals surface area (Å²) in [5.41, 5.74) is 0.290. The fraction of sp³-hybridized carbons (Fsp3) is 0.533. The first-order valence-electron chi connectivity index (χ1n) is 6.63. The largest absolute Gasteiger partial charge is 0.491 e. The third-order valence-electron chi connectivity index (χ3n) is 2.90. The summed E-state index contributed by atoms with van der Waals surface area (Å²) in [5, 5.41) is 8.78. The first-order chi connectivity index (χ1) is 8.63. The summed E-state index contributed by atoms with van der Waals surface area (Å²) >= 11 is 0. The van der Waals surface area contributed by atoms with E-state index in [4.69, 9.17) is 9.84 Å². The van der Waals surface area contributed by atoms with Gasteiger partial charge in [-0.05, 0) is 44.0 Å². The number of ether oxygens (including phenoxy) is 1. The molecule has 1 aromatic rings. The number of hydrogen-bond acceptors (Lipinski definition) is 2. The van der Waals surface area contributed by atoms with E-state index in [1.54, 1.807) is 24.3 Å². The maximum Gasteiger partial charge on any atom is 0.335 e. The number of rotatable bonds is 8. The Morgan fingerprint density at radius 3 is 2.44 bits per heavy atom. The van der Waals surface area contributed by atoms with E-state index in [1.807, 2.05) is 0 Å². The van der Waals surface area contributed by atoms with Crippen LogP contribution in [-0.2, 0) is 0 Å². The highest BCUT2D eigenvalue weighted by Crippen LogP contribution is 2.16. The van der Waals surface area contributed by atoms with Gasteiger partial charge in [0, 0.05) is 0 Å². The van der Waals surface area contributed by atoms with Gasteiger partial charge in [-0.25, -0.2) is 4.79 Å². The monoisotopic (exact) mass is 250 g/mol. The number of unbranched alkanes of at least 4 members (excludes halogenated alkanes) is 3. The van der Waals surface area contributed by atoms with Crippen molar-refractivity contribution in [1.82, 2.24) is 0 Å². The van der Waals surface area contributed by atoms with Crippen molar-refractivity contribution in [1.29, 1.82) is 0 Å². The maximum atomic E-state index is 10.7. The first kappa shape index (κ1) is 14.6. The summed E-state index contributed by atoms with van der Waals surface area (Å²) in [6.07, 6.45) is 6.18. The van der Waals surface area contributed by atoms with Gasteiger partial charge in [0.2, 0.25) is 0 Å². The van der Waals surface area contributed by atoms with Crippen molar-refractivity contribution in [3.05, 3.63) is 29.8 Å². The van der Waals surface area contributed by atoms with E-state index in [-0.39, 0.29) is 11.7 Å². The molecule has 0 heterocycles. The molecule has 100 valence electrons. The lowest BCUT2D eigenvalue weighted by atomic mass is 10.1. The Hall–Kier alpha value is -1.51. The summed E-state index contributed by atoms with van der Waals surface area (Å²) in [7, 11) is 0. The molecule has 18 heavy (non-hydrogen) atoms. The van der Waals surface area contributed by atoms with Crippen LogP contribution in [0.4, 0.5) is 0 Å². The number of aromatic carboxylic acids is 1. The van der Waals surface area contributed by atoms with Gasteiger partial charge in [-0.3, -0.25) is 0 Å². The first-order valence-corrected chi connectivity index (χ1v) is 6.63. The maximum absolute atomic E-state index is 10.7. The Balaban J connectivity index is 2.35. The van der Waals surface area contributed by atoms with Crippen LogP contribution in [0.2, 0.25) is 0 Å². The minimum atomic E-state index is -0.908. The van der Waals surface area contributed by atoms with Crippen LogP contribution in [0.15, 0.2) is 24.3 Å². The molecule has 0 aliphatic heterocycles. The van der Waals surface area contributed by atoms with Crippen LogP contribution in [0, 0.1) is 0 Å². The summed E-state index contributed by atoms with van der Waals surface area (Å²) in [6, 6.07) is 6.57. The van der Waals surface area contributed by atoms with Crippen molar-refractivity contribution >= 4 is 5.97 Å². The zero-order valence-corrected chi connectivity index (χ0v) is 11.2. The third-order valence-corrected chi connectivity index (χ3v) is 2.90. The van der Waals surface area contributed by atoms with Crippen molar-refractivity contribution in [3.8, 4) is 5.75 Å². The Kier molecular flexibility index (Phi) is 6.26. The number of hydrogen-bond donors (Lipinski definition) is 1. The molecule has 0 aliphatic rings. The molecule has 1 rings (SSSR count). The van der Waals surface area contributed by atoms with Crippen molar-refractivity contribution in [2.75, 3.05) is 0 Å². The highest BCUT2D eigenvalue weighted by atomic mass is 16.5. The van der Waals surface area contributed by atoms with Gasteiger partial charge in [0.1, 0.15) is 5.75 Å². The lowest BCUT2D eigenvalue weighted by molar-refractivity contribution is 0.0697. The van der Waals surface area contributed by atoms with Gasteiger partial charge >= 0.3 is 5.97 Å². The second kappa shape index (κ2) is 7.75. The van der Waals surface area contributed by atoms with E-state index in [0.29, 0.717) is 0 Å². The van der Waals surface area contributed by atoms with Gasteiger partial charge in [-0.1, -0.05) is 26.2 Å². The Bertz CT molecular complexity index is 357. The van der Waals surface area contributed by atoms with Crippen molar-refractivity contribution in [2.45, 2.75) is 52.1 Å². The van der Waals surface area contributed by atoms with Crippen LogP contribution in [-0.4, -0.2) is 17.2 Å². The molecule has 0 bridgehead atoms. The summed E-state index contributed by atoms with van der Waals surface area (Å²) in [5.74, 6) is -0.169. The molecule has 0 saturated carbocycles. The van der Waals surface area contributed by atoms with E-state index in [9.17, 15) is 4.79 Å². The normalized spacial score (nSPS) is 12.1. The highest BCUT2D eigenvalue weighted by molar-refractivity contribution is 5.87. The Labute approximate surface area is 109 Å². The molecule has 0 spiro atoms. The molecule has 0 fully saturated rings. The fourth-order valence-corrected chi connectivity index (χ4v) is 1.83. The minimum absolute atomic E-state index is 0.178. The van der Waals surface area contributed by atoms with E-state index < -0.39 is 5.97 Å². The zero-order chi connectivity index (χ0) is 13.4. The van der Waals surface area contributed by atoms with Crippen LogP contribution in [0.5, 0.6) is 5.75 Å². The average molecular weight is 250 g/mol. The lowest BCUT2D eigenvalue weighted by Crippen LogP contribution is -2.11. The van der Waals surface area contributed by atoms with Crippen molar-refractivity contribution in [2.24, 2.45) is 0 Å². The molecule has 0 saturated heterocycles. The minimum Gasteiger partial charge on any atom is -0.491 e. The molecule has 1 N–H and O–H groups in total. The van der Waals surface area contributed by atoms with Gasteiger partial charge in [-0.2, -0.15) is 0 Å². The van der Waals surface area contributed by atoms with Crippen LogP contribution in [0.25, 0.3) is 0 Å². The predicted octanol–water partition coefficient (Wildman–Crippen LogP) is 4.12. The van der Waals surface area contributed by atoms with E-state index in [0.717, 1.165) is 12.2 Å². The molecule has 1 aromatic carbocycles. The molecular weight excluding hydrogens is 228 g/mol. The summed E-state index contributed by atoms with van der Waals surface area (Å²) in [4.78, 5) is 10.7. The van der Waals surface area contributed by atoms with Gasteiger partial charge in [0.15, 0.2) is 0 Å². The summed E-state index contributed by atoms with van der Waals surface area (Å²) < 4.78 is 5.74. The van der Waals surface area contributed by atoms with Crippen molar-refractivity contribution < 1.29 is 14.6 Å². The second-order valence-corrected chi connectivity index (χ2v) is 4.61. The average Bonchev–Trinajstić information content (AvgIpc) is 2.35. The molecule has 0 amide bonds. The van der Waals surface area contributed by atoms with Crippen LogP contribution in [0.3, 0.4) is 0 Å². The van der Waals surface area contributed by atoms with Crippen LogP contribution < -0.4 is 4.74 Å². The number of carboxylic acid groups (broad SMARTS) is 1. The third kappa shape index (κ3) is 5.21. The molecule has 0 aliphatic carbocycles. The topological polar surface area (TPSA) is 46.5 Å². The fourth-order valence-electron chi connectivity index (χ4n) is 1.83. The molecule has 1 unspecified atom stereocenters. The van der Waals surface area contributed by atoms with Gasteiger partial charge in [0.25, 0.3) is 0 Å². The van der Waals surface area contributed by atoms with Crippen LogP contribution in [0.1, 0.15) is 56.3 Å². The standard InChI is InChI=1S/C15H22O3/c1-3-4-5-6-7-12(2)18-14-10-8-13(9-11-14)15(16)17/h8-12H,3-7H2,1-2H3,(H,16,17). The molecule has 0 aromatic heterocycles. The molecule has 1 atom stereocenters. The second-order valence-electron chi connectivity index (χ2n) is 4.61. The smallest absolute Gasteiger partial charge is 0.335 e. The SMILES string of the molecule is CCCCCCC(C)Oc1ccc(C(=O)O)cc1. The molecular formula is C15H22O3. The number of benzene rings is 1. The molecule has 3 heteroatoms. The quantitative estimate of drug-likeness (QED) is 0.706. The van der Waals surface area contributed by atoms with Gasteiger partial charge < -0.3 is 9.84 Å². The highest BCUT2D eigenvalue weighted by Gasteiger charge is 2.06. The number of carbonyl (C=O) groups is 1. The predicted molar refractivity (Wildman–Crippen MR) is 72.3 cm³/mol. The van der Waals surface area contributed by atoms with Gasteiger partial charge in [-0.15, -0.1) is 0 Å². The summed E-state index contributed by atoms with van der Waals surface area (Å²) in [6.45, 7) is 4.25. The van der Waals surface area contributed by atoms with Crippen molar-refractivity contribution in [3.63, 3.8) is 0 Å². The molecule has 3 nitrogen and oxygen atoms in total. The lowest BCUT2D eigenvalue weighted by Gasteiger charge is -2.14. The zero-order valence-electron chi connectivity index (χ0n) is 11.2. The van der Waals surface area contributed by atoms with Crippen LogP contribution >= 0.6 is 0 Å². The molecule has 0 radical (unpaired) electrons. The van der Waals surface area contributed by atoms with E-state index in [1.165, 1.54) is 25.7 Å². The number of carboxylic acids is 1. The Morgan fingerprint density at radius 1 is 1.22 bits per heavy atom.